The van der Waals surface area contributed by atoms with Crippen molar-refractivity contribution in [3.63, 3.8) is 0 Å². The van der Waals surface area contributed by atoms with Crippen molar-refractivity contribution < 1.29 is 28.6 Å². The molecule has 0 aromatic carbocycles. The van der Waals surface area contributed by atoms with Crippen LogP contribution < -0.4 is 0 Å². The molecule has 0 aromatic rings. The Hall–Kier alpha value is -3.67. The van der Waals surface area contributed by atoms with Crippen molar-refractivity contribution >= 4 is 17.9 Å². The molecule has 6 nitrogen and oxygen atoms in total. The molecule has 6 heteroatoms. The summed E-state index contributed by atoms with van der Waals surface area (Å²) in [5.41, 5.74) is 0. The molecule has 0 saturated heterocycles. The first-order chi connectivity index (χ1) is 33.0. The van der Waals surface area contributed by atoms with E-state index in [9.17, 15) is 14.4 Å². The highest BCUT2D eigenvalue weighted by Gasteiger charge is 2.19. The van der Waals surface area contributed by atoms with Gasteiger partial charge in [-0.25, -0.2) is 0 Å². The summed E-state index contributed by atoms with van der Waals surface area (Å²) in [5.74, 6) is -0.917. The van der Waals surface area contributed by atoms with Gasteiger partial charge in [0.05, 0.1) is 0 Å². The summed E-state index contributed by atoms with van der Waals surface area (Å²) in [5, 5.41) is 0. The highest BCUT2D eigenvalue weighted by molar-refractivity contribution is 5.71. The summed E-state index contributed by atoms with van der Waals surface area (Å²) >= 11 is 0. The van der Waals surface area contributed by atoms with Crippen LogP contribution in [0.5, 0.6) is 0 Å². The van der Waals surface area contributed by atoms with E-state index in [4.69, 9.17) is 14.2 Å². The molecule has 0 aliphatic carbocycles. The fourth-order valence-corrected chi connectivity index (χ4v) is 7.38. The molecular weight excluding hydrogens is 829 g/mol. The summed E-state index contributed by atoms with van der Waals surface area (Å²) in [7, 11) is 0. The number of hydrogen-bond donors (Lipinski definition) is 0. The van der Waals surface area contributed by atoms with Crippen LogP contribution in [0.3, 0.4) is 0 Å². The zero-order valence-corrected chi connectivity index (χ0v) is 43.6. The minimum absolute atomic E-state index is 0.0880. The highest BCUT2D eigenvalue weighted by atomic mass is 16.6. The van der Waals surface area contributed by atoms with Crippen molar-refractivity contribution in [2.75, 3.05) is 13.2 Å². The SMILES string of the molecule is CC/C=C\C/C=C\C/C=C\C/C=C\C/C=C\C/C=C\CCCCCCCCCCC(=O)OCC(COC(=O)CCCCCCC/C=C\CCC)OC(=O)CCCCCCC/C=C\CCCCC. The van der Waals surface area contributed by atoms with Crippen LogP contribution in [0.2, 0.25) is 0 Å². The van der Waals surface area contributed by atoms with E-state index >= 15 is 0 Å². The van der Waals surface area contributed by atoms with Gasteiger partial charge in [-0.15, -0.1) is 0 Å². The van der Waals surface area contributed by atoms with Gasteiger partial charge in [0.15, 0.2) is 6.10 Å². The number of unbranched alkanes of at least 4 members (excludes halogenated alkanes) is 22. The maximum atomic E-state index is 12.8. The number of rotatable bonds is 49. The molecule has 0 spiro atoms. The van der Waals surface area contributed by atoms with Crippen molar-refractivity contribution in [2.24, 2.45) is 0 Å². The van der Waals surface area contributed by atoms with E-state index < -0.39 is 6.10 Å². The van der Waals surface area contributed by atoms with E-state index in [0.29, 0.717) is 19.3 Å². The van der Waals surface area contributed by atoms with Crippen LogP contribution in [0, 0.1) is 0 Å². The molecule has 0 saturated carbocycles. The monoisotopic (exact) mass is 931 g/mol. The maximum Gasteiger partial charge on any atom is 0.306 e. The average molecular weight is 931 g/mol. The van der Waals surface area contributed by atoms with Gasteiger partial charge in [-0.2, -0.15) is 0 Å². The standard InChI is InChI=1S/C61H102O6/c1-4-7-10-13-16-19-22-24-25-26-27-28-29-30-31-32-33-34-35-36-37-38-40-42-45-48-51-54-60(63)66-57-58(56-65-59(62)53-50-47-44-41-21-18-15-12-9-6-3)67-61(64)55-52-49-46-43-39-23-20-17-14-11-8-5-2/h7,10,12,15-17,19-20,24-25,27-28,30-31,33-34,58H,4-6,8-9,11,13-14,18,21-23,26,29,32,35-57H2,1-3H3/b10-7-,15-12-,19-16-,20-17-,25-24-,28-27-,31-30-,34-33-. The van der Waals surface area contributed by atoms with Crippen LogP contribution in [0.15, 0.2) is 97.2 Å². The van der Waals surface area contributed by atoms with Crippen LogP contribution in [-0.4, -0.2) is 37.2 Å². The number of esters is 3. The molecule has 0 aromatic heterocycles. The summed E-state index contributed by atoms with van der Waals surface area (Å²) in [6.45, 7) is 6.41. The number of carbonyl (C=O) groups is 3. The van der Waals surface area contributed by atoms with Crippen molar-refractivity contribution in [2.45, 2.75) is 258 Å². The van der Waals surface area contributed by atoms with Gasteiger partial charge < -0.3 is 14.2 Å². The fraction of sp³-hybridized carbons (Fsp3) is 0.689. The zero-order chi connectivity index (χ0) is 48.6. The Morgan fingerprint density at radius 2 is 0.612 bits per heavy atom. The highest BCUT2D eigenvalue weighted by Crippen LogP contribution is 2.14. The van der Waals surface area contributed by atoms with Crippen molar-refractivity contribution in [3.8, 4) is 0 Å². The third-order valence-corrected chi connectivity index (χ3v) is 11.5. The van der Waals surface area contributed by atoms with Gasteiger partial charge in [0.25, 0.3) is 0 Å². The molecule has 1 atom stereocenters. The Labute approximate surface area is 413 Å². The molecule has 1 unspecified atom stereocenters. The molecule has 0 aliphatic heterocycles. The second-order valence-electron chi connectivity index (χ2n) is 18.1. The van der Waals surface area contributed by atoms with Crippen LogP contribution in [0.25, 0.3) is 0 Å². The average Bonchev–Trinajstić information content (AvgIpc) is 3.33. The first kappa shape index (κ1) is 63.3. The molecular formula is C61H102O6. The van der Waals surface area contributed by atoms with Crippen molar-refractivity contribution in [1.82, 2.24) is 0 Å². The van der Waals surface area contributed by atoms with Crippen LogP contribution >= 0.6 is 0 Å². The molecule has 0 heterocycles. The molecule has 0 N–H and O–H groups in total. The van der Waals surface area contributed by atoms with Gasteiger partial charge in [-0.1, -0.05) is 214 Å². The lowest BCUT2D eigenvalue weighted by Crippen LogP contribution is -2.30. The lowest BCUT2D eigenvalue weighted by molar-refractivity contribution is -0.167. The molecule has 0 aliphatic rings. The van der Waals surface area contributed by atoms with Gasteiger partial charge >= 0.3 is 17.9 Å². The second kappa shape index (κ2) is 54.9. The first-order valence-corrected chi connectivity index (χ1v) is 27.7. The topological polar surface area (TPSA) is 78.9 Å². The number of allylic oxidation sites excluding steroid dienone is 16. The minimum Gasteiger partial charge on any atom is -0.462 e. The van der Waals surface area contributed by atoms with Crippen LogP contribution in [-0.2, 0) is 28.6 Å². The van der Waals surface area contributed by atoms with Crippen molar-refractivity contribution in [3.05, 3.63) is 97.2 Å². The summed E-state index contributed by atoms with van der Waals surface area (Å²) in [6.07, 6.45) is 72.6. The smallest absolute Gasteiger partial charge is 0.306 e. The minimum atomic E-state index is -0.787. The Bertz CT molecular complexity index is 1350. The van der Waals surface area contributed by atoms with Crippen LogP contribution in [0.1, 0.15) is 252 Å². The first-order valence-electron chi connectivity index (χ1n) is 27.7. The van der Waals surface area contributed by atoms with E-state index in [1.54, 1.807) is 0 Å². The quantitative estimate of drug-likeness (QED) is 0.0262. The normalized spacial score (nSPS) is 12.8. The van der Waals surface area contributed by atoms with Gasteiger partial charge in [-0.3, -0.25) is 14.4 Å². The van der Waals surface area contributed by atoms with Gasteiger partial charge in [0, 0.05) is 19.3 Å². The van der Waals surface area contributed by atoms with E-state index in [1.807, 2.05) is 0 Å². The largest absolute Gasteiger partial charge is 0.462 e. The van der Waals surface area contributed by atoms with E-state index in [1.165, 1.54) is 77.0 Å². The third kappa shape index (κ3) is 53.2. The summed E-state index contributed by atoms with van der Waals surface area (Å²) in [4.78, 5) is 38.0. The van der Waals surface area contributed by atoms with Gasteiger partial charge in [0.1, 0.15) is 13.2 Å². The molecule has 0 amide bonds. The molecule has 0 rings (SSSR count). The lowest BCUT2D eigenvalue weighted by atomic mass is 10.1. The Kier molecular flexibility index (Phi) is 51.9. The van der Waals surface area contributed by atoms with Gasteiger partial charge in [0.2, 0.25) is 0 Å². The van der Waals surface area contributed by atoms with Crippen molar-refractivity contribution in [1.29, 1.82) is 0 Å². The fourth-order valence-electron chi connectivity index (χ4n) is 7.38. The Morgan fingerprint density at radius 1 is 0.313 bits per heavy atom. The second-order valence-corrected chi connectivity index (χ2v) is 18.1. The molecule has 0 fully saturated rings. The lowest BCUT2D eigenvalue weighted by Gasteiger charge is -2.18. The van der Waals surface area contributed by atoms with E-state index in [0.717, 1.165) is 135 Å². The molecule has 382 valence electrons. The number of ether oxygens (including phenoxy) is 3. The van der Waals surface area contributed by atoms with Crippen LogP contribution in [0.4, 0.5) is 0 Å². The third-order valence-electron chi connectivity index (χ3n) is 11.5. The predicted octanol–water partition coefficient (Wildman–Crippen LogP) is 18.5. The predicted molar refractivity (Wildman–Crippen MR) is 288 cm³/mol. The summed E-state index contributed by atoms with van der Waals surface area (Å²) in [6, 6.07) is 0. The molecule has 67 heavy (non-hydrogen) atoms. The molecule has 0 radical (unpaired) electrons. The number of hydrogen-bond acceptors (Lipinski definition) is 6. The zero-order valence-electron chi connectivity index (χ0n) is 43.6. The summed E-state index contributed by atoms with van der Waals surface area (Å²) < 4.78 is 16.8. The maximum absolute atomic E-state index is 12.8. The van der Waals surface area contributed by atoms with E-state index in [-0.39, 0.29) is 31.1 Å². The Morgan fingerprint density at radius 3 is 0.985 bits per heavy atom. The van der Waals surface area contributed by atoms with E-state index in [2.05, 4.69) is 118 Å². The molecule has 0 bridgehead atoms. The number of carbonyl (C=O) groups excluding carboxylic acids is 3. The van der Waals surface area contributed by atoms with Gasteiger partial charge in [-0.05, 0) is 116 Å². The Balaban J connectivity index is 4.25.